The standard InChI is InChI=1S/C11H11Cl2N3O/c1-16-11(14)5-8(15-16)6-17-10-4-7(12)2-3-9(10)13/h2-5H,6,14H2,1H3. The van der Waals surface area contributed by atoms with Crippen molar-refractivity contribution in [1.82, 2.24) is 9.78 Å². The van der Waals surface area contributed by atoms with Crippen molar-refractivity contribution >= 4 is 29.0 Å². The van der Waals surface area contributed by atoms with Gasteiger partial charge < -0.3 is 10.5 Å². The van der Waals surface area contributed by atoms with Gasteiger partial charge in [0.25, 0.3) is 0 Å². The Morgan fingerprint density at radius 2 is 2.12 bits per heavy atom. The highest BCUT2D eigenvalue weighted by atomic mass is 35.5. The molecule has 0 bridgehead atoms. The Balaban J connectivity index is 2.09. The van der Waals surface area contributed by atoms with Crippen molar-refractivity contribution in [3.05, 3.63) is 40.0 Å². The Hall–Kier alpha value is -1.39. The van der Waals surface area contributed by atoms with Gasteiger partial charge in [-0.3, -0.25) is 4.68 Å². The SMILES string of the molecule is Cn1nc(COc2cc(Cl)ccc2Cl)cc1N. The highest BCUT2D eigenvalue weighted by Crippen LogP contribution is 2.28. The Bertz CT molecular complexity index is 520. The maximum atomic E-state index is 5.96. The van der Waals surface area contributed by atoms with Crippen LogP contribution in [0.2, 0.25) is 10.0 Å². The van der Waals surface area contributed by atoms with Gasteiger partial charge in [-0.15, -0.1) is 0 Å². The third-order valence-corrected chi connectivity index (χ3v) is 2.78. The number of halogens is 2. The van der Waals surface area contributed by atoms with Crippen LogP contribution >= 0.6 is 23.2 Å². The van der Waals surface area contributed by atoms with Crippen LogP contribution in [0.3, 0.4) is 0 Å². The fourth-order valence-corrected chi connectivity index (χ4v) is 1.69. The van der Waals surface area contributed by atoms with Gasteiger partial charge in [-0.05, 0) is 12.1 Å². The van der Waals surface area contributed by atoms with E-state index in [-0.39, 0.29) is 0 Å². The quantitative estimate of drug-likeness (QED) is 0.934. The lowest BCUT2D eigenvalue weighted by molar-refractivity contribution is 0.300. The second-order valence-corrected chi connectivity index (χ2v) is 4.39. The van der Waals surface area contributed by atoms with Crippen LogP contribution in [-0.4, -0.2) is 9.78 Å². The minimum atomic E-state index is 0.297. The molecule has 0 unspecified atom stereocenters. The first kappa shape index (κ1) is 12.1. The molecule has 0 radical (unpaired) electrons. The van der Waals surface area contributed by atoms with E-state index in [1.54, 1.807) is 36.0 Å². The molecule has 0 saturated carbocycles. The van der Waals surface area contributed by atoms with E-state index in [9.17, 15) is 0 Å². The number of nitrogen functional groups attached to an aromatic ring is 1. The molecule has 2 aromatic rings. The summed E-state index contributed by atoms with van der Waals surface area (Å²) in [7, 11) is 1.77. The molecule has 0 fully saturated rings. The number of aromatic nitrogens is 2. The van der Waals surface area contributed by atoms with Gasteiger partial charge in [-0.2, -0.15) is 5.10 Å². The molecule has 2 rings (SSSR count). The lowest BCUT2D eigenvalue weighted by Gasteiger charge is -2.06. The lowest BCUT2D eigenvalue weighted by Crippen LogP contribution is -1.99. The van der Waals surface area contributed by atoms with Gasteiger partial charge in [0.1, 0.15) is 23.9 Å². The maximum Gasteiger partial charge on any atom is 0.139 e. The predicted octanol–water partition coefficient (Wildman–Crippen LogP) is 2.89. The zero-order valence-corrected chi connectivity index (χ0v) is 10.7. The number of nitrogens with two attached hydrogens (primary N) is 1. The van der Waals surface area contributed by atoms with Gasteiger partial charge in [0.15, 0.2) is 0 Å². The first-order valence-corrected chi connectivity index (χ1v) is 5.68. The van der Waals surface area contributed by atoms with Crippen molar-refractivity contribution in [3.63, 3.8) is 0 Å². The summed E-state index contributed by atoms with van der Waals surface area (Å²) in [5.41, 5.74) is 6.40. The van der Waals surface area contributed by atoms with Crippen LogP contribution in [0.25, 0.3) is 0 Å². The zero-order valence-electron chi connectivity index (χ0n) is 9.15. The summed E-state index contributed by atoms with van der Waals surface area (Å²) in [6.07, 6.45) is 0. The van der Waals surface area contributed by atoms with E-state index in [0.717, 1.165) is 5.69 Å². The molecule has 1 heterocycles. The molecule has 90 valence electrons. The van der Waals surface area contributed by atoms with Gasteiger partial charge in [0.05, 0.1) is 5.02 Å². The van der Waals surface area contributed by atoms with E-state index < -0.39 is 0 Å². The summed E-state index contributed by atoms with van der Waals surface area (Å²) < 4.78 is 7.11. The number of rotatable bonds is 3. The van der Waals surface area contributed by atoms with Crippen LogP contribution in [0.4, 0.5) is 5.82 Å². The molecule has 0 atom stereocenters. The molecule has 0 aliphatic rings. The number of aryl methyl sites for hydroxylation is 1. The topological polar surface area (TPSA) is 53.1 Å². The smallest absolute Gasteiger partial charge is 0.139 e. The van der Waals surface area contributed by atoms with E-state index in [2.05, 4.69) is 5.10 Å². The van der Waals surface area contributed by atoms with E-state index >= 15 is 0 Å². The first-order valence-electron chi connectivity index (χ1n) is 4.92. The third kappa shape index (κ3) is 2.84. The van der Waals surface area contributed by atoms with Gasteiger partial charge in [0.2, 0.25) is 0 Å². The number of hydrogen-bond donors (Lipinski definition) is 1. The summed E-state index contributed by atoms with van der Waals surface area (Å²) in [4.78, 5) is 0. The van der Waals surface area contributed by atoms with Crippen molar-refractivity contribution in [2.24, 2.45) is 7.05 Å². The molecule has 0 aliphatic heterocycles. The lowest BCUT2D eigenvalue weighted by atomic mass is 10.3. The molecular formula is C11H11Cl2N3O. The summed E-state index contributed by atoms with van der Waals surface area (Å²) in [5, 5.41) is 5.25. The van der Waals surface area contributed by atoms with Crippen molar-refractivity contribution < 1.29 is 4.74 Å². The summed E-state index contributed by atoms with van der Waals surface area (Å²) in [6.45, 7) is 0.297. The highest BCUT2D eigenvalue weighted by molar-refractivity contribution is 6.34. The molecule has 17 heavy (non-hydrogen) atoms. The van der Waals surface area contributed by atoms with Crippen LogP contribution in [0.5, 0.6) is 5.75 Å². The van der Waals surface area contributed by atoms with E-state index in [0.29, 0.717) is 28.2 Å². The second-order valence-electron chi connectivity index (χ2n) is 3.55. The molecule has 1 aromatic carbocycles. The van der Waals surface area contributed by atoms with Crippen molar-refractivity contribution in [3.8, 4) is 5.75 Å². The van der Waals surface area contributed by atoms with Crippen LogP contribution in [0.15, 0.2) is 24.3 Å². The van der Waals surface area contributed by atoms with Crippen molar-refractivity contribution in [1.29, 1.82) is 0 Å². The van der Waals surface area contributed by atoms with E-state index in [4.69, 9.17) is 33.7 Å². The Morgan fingerprint density at radius 1 is 1.35 bits per heavy atom. The minimum Gasteiger partial charge on any atom is -0.486 e. The fraction of sp³-hybridized carbons (Fsp3) is 0.182. The largest absolute Gasteiger partial charge is 0.486 e. The molecular weight excluding hydrogens is 261 g/mol. The van der Waals surface area contributed by atoms with Crippen LogP contribution < -0.4 is 10.5 Å². The number of hydrogen-bond acceptors (Lipinski definition) is 3. The van der Waals surface area contributed by atoms with Gasteiger partial charge >= 0.3 is 0 Å². The van der Waals surface area contributed by atoms with Crippen LogP contribution in [-0.2, 0) is 13.7 Å². The highest BCUT2D eigenvalue weighted by Gasteiger charge is 2.06. The Kier molecular flexibility index (Phi) is 3.45. The fourth-order valence-electron chi connectivity index (χ4n) is 1.35. The monoisotopic (exact) mass is 271 g/mol. The maximum absolute atomic E-state index is 5.96. The number of benzene rings is 1. The minimum absolute atomic E-state index is 0.297. The van der Waals surface area contributed by atoms with Crippen LogP contribution in [0, 0.1) is 0 Å². The molecule has 2 N–H and O–H groups in total. The molecule has 0 saturated heterocycles. The third-order valence-electron chi connectivity index (χ3n) is 2.24. The summed E-state index contributed by atoms with van der Waals surface area (Å²) >= 11 is 11.8. The molecule has 6 heteroatoms. The molecule has 0 aliphatic carbocycles. The second kappa shape index (κ2) is 4.85. The average molecular weight is 272 g/mol. The van der Waals surface area contributed by atoms with Crippen molar-refractivity contribution in [2.75, 3.05) is 5.73 Å². The van der Waals surface area contributed by atoms with E-state index in [1.807, 2.05) is 0 Å². The van der Waals surface area contributed by atoms with Gasteiger partial charge in [-0.25, -0.2) is 0 Å². The average Bonchev–Trinajstić information content (AvgIpc) is 2.60. The Labute approximate surface area is 109 Å². The number of ether oxygens (including phenoxy) is 1. The van der Waals surface area contributed by atoms with E-state index in [1.165, 1.54) is 0 Å². The zero-order chi connectivity index (χ0) is 12.4. The number of nitrogens with zero attached hydrogens (tertiary/aromatic N) is 2. The Morgan fingerprint density at radius 3 is 2.76 bits per heavy atom. The summed E-state index contributed by atoms with van der Waals surface area (Å²) in [6, 6.07) is 6.80. The van der Waals surface area contributed by atoms with Gasteiger partial charge in [-0.1, -0.05) is 23.2 Å². The number of anilines is 1. The van der Waals surface area contributed by atoms with Crippen LogP contribution in [0.1, 0.15) is 5.69 Å². The normalized spacial score (nSPS) is 10.5. The molecule has 1 aromatic heterocycles. The molecule has 0 amide bonds. The van der Waals surface area contributed by atoms with Gasteiger partial charge in [0, 0.05) is 24.2 Å². The van der Waals surface area contributed by atoms with Crippen molar-refractivity contribution in [2.45, 2.75) is 6.61 Å². The summed E-state index contributed by atoms with van der Waals surface area (Å²) in [5.74, 6) is 1.11. The molecule has 0 spiro atoms. The molecule has 4 nitrogen and oxygen atoms in total. The predicted molar refractivity (Wildman–Crippen MR) is 68.4 cm³/mol. The first-order chi connectivity index (χ1) is 8.06.